The first-order valence-electron chi connectivity index (χ1n) is 8.12. The highest BCUT2D eigenvalue weighted by Crippen LogP contribution is 2.28. The first kappa shape index (κ1) is 14.7. The monoisotopic (exact) mass is 318 g/mol. The Bertz CT molecular complexity index is 938. The molecule has 0 bridgehead atoms. The van der Waals surface area contributed by atoms with Gasteiger partial charge in [-0.1, -0.05) is 28.3 Å². The molecule has 1 aliphatic rings. The maximum absolute atomic E-state index is 5.22. The van der Waals surface area contributed by atoms with Crippen LogP contribution in [0.1, 0.15) is 35.4 Å². The average molecular weight is 318 g/mol. The van der Waals surface area contributed by atoms with Crippen LogP contribution in [0.15, 0.2) is 35.0 Å². The maximum atomic E-state index is 5.22. The molecule has 0 radical (unpaired) electrons. The summed E-state index contributed by atoms with van der Waals surface area (Å²) in [6.07, 6.45) is 4.42. The van der Waals surface area contributed by atoms with Gasteiger partial charge in [-0.3, -0.25) is 0 Å². The van der Waals surface area contributed by atoms with Crippen LogP contribution in [0.3, 0.4) is 0 Å². The van der Waals surface area contributed by atoms with Crippen LogP contribution in [0.25, 0.3) is 11.3 Å². The second-order valence-corrected chi connectivity index (χ2v) is 6.31. The third kappa shape index (κ3) is 3.23. The number of rotatable bonds is 3. The second kappa shape index (κ2) is 5.97. The largest absolute Gasteiger partial charge is 0.359 e. The topological polar surface area (TPSA) is 56.7 Å². The number of nitrogens with zero attached hydrogens (tertiary/aromatic N) is 4. The van der Waals surface area contributed by atoms with Gasteiger partial charge in [0, 0.05) is 23.1 Å². The quantitative estimate of drug-likeness (QED) is 0.695. The summed E-state index contributed by atoms with van der Waals surface area (Å²) in [5.41, 5.74) is 5.01. The summed E-state index contributed by atoms with van der Waals surface area (Å²) >= 11 is 0. The van der Waals surface area contributed by atoms with Crippen LogP contribution >= 0.6 is 0 Å². The van der Waals surface area contributed by atoms with Crippen LogP contribution in [0.2, 0.25) is 0 Å². The van der Waals surface area contributed by atoms with Gasteiger partial charge in [0.05, 0.1) is 11.9 Å². The van der Waals surface area contributed by atoms with Crippen molar-refractivity contribution in [2.45, 2.75) is 33.2 Å². The van der Waals surface area contributed by atoms with Crippen LogP contribution in [-0.2, 0) is 6.54 Å². The molecule has 24 heavy (non-hydrogen) atoms. The summed E-state index contributed by atoms with van der Waals surface area (Å²) in [6, 6.07) is 8.14. The van der Waals surface area contributed by atoms with Gasteiger partial charge in [-0.05, 0) is 44.4 Å². The average Bonchev–Trinajstić information content (AvgIpc) is 3.14. The zero-order valence-electron chi connectivity index (χ0n) is 13.8. The van der Waals surface area contributed by atoms with Crippen LogP contribution < -0.4 is 0 Å². The molecule has 0 atom stereocenters. The molecule has 1 saturated carbocycles. The highest BCUT2D eigenvalue weighted by Gasteiger charge is 2.17. The fourth-order valence-electron chi connectivity index (χ4n) is 2.59. The number of hydrogen-bond acceptors (Lipinski definition) is 4. The minimum atomic E-state index is 0.526. The van der Waals surface area contributed by atoms with E-state index >= 15 is 0 Å². The minimum Gasteiger partial charge on any atom is -0.359 e. The summed E-state index contributed by atoms with van der Waals surface area (Å²) in [4.78, 5) is 0. The lowest BCUT2D eigenvalue weighted by Gasteiger charge is -2.02. The van der Waals surface area contributed by atoms with Crippen molar-refractivity contribution in [1.29, 1.82) is 0 Å². The standard InChI is InChI=1S/C19H18N4O/c1-13-9-16(6-5-15-3-4-15)7-8-18(13)19-12-23(22-20-19)11-17-10-14(2)21-24-17/h7-10,12,15H,3-4,11H2,1-2H3. The Labute approximate surface area is 140 Å². The Morgan fingerprint density at radius 3 is 2.83 bits per heavy atom. The van der Waals surface area contributed by atoms with Crippen LogP contribution in [0, 0.1) is 31.6 Å². The minimum absolute atomic E-state index is 0.526. The normalized spacial score (nSPS) is 13.6. The zero-order chi connectivity index (χ0) is 16.5. The number of aryl methyl sites for hydroxylation is 2. The molecule has 5 nitrogen and oxygen atoms in total. The smallest absolute Gasteiger partial charge is 0.158 e. The summed E-state index contributed by atoms with van der Waals surface area (Å²) in [5.74, 6) is 7.94. The predicted octanol–water partition coefficient (Wildman–Crippen LogP) is 3.36. The summed E-state index contributed by atoms with van der Waals surface area (Å²) in [6.45, 7) is 4.51. The molecule has 0 unspecified atom stereocenters. The fraction of sp³-hybridized carbons (Fsp3) is 0.316. The summed E-state index contributed by atoms with van der Waals surface area (Å²) in [7, 11) is 0. The SMILES string of the molecule is Cc1cc(Cn2cc(-c3ccc(C#CC4CC4)cc3C)nn2)on1. The maximum Gasteiger partial charge on any atom is 0.158 e. The third-order valence-corrected chi connectivity index (χ3v) is 4.03. The number of benzene rings is 1. The van der Waals surface area contributed by atoms with Crippen molar-refractivity contribution in [2.75, 3.05) is 0 Å². The molecule has 0 spiro atoms. The van der Waals surface area contributed by atoms with E-state index in [1.165, 1.54) is 12.8 Å². The van der Waals surface area contributed by atoms with Crippen LogP contribution in [-0.4, -0.2) is 20.2 Å². The van der Waals surface area contributed by atoms with Crippen molar-refractivity contribution in [3.63, 3.8) is 0 Å². The molecule has 0 saturated heterocycles. The molecule has 0 N–H and O–H groups in total. The first-order valence-corrected chi connectivity index (χ1v) is 8.12. The van der Waals surface area contributed by atoms with Gasteiger partial charge in [0.2, 0.25) is 0 Å². The van der Waals surface area contributed by atoms with Crippen molar-refractivity contribution in [3.05, 3.63) is 53.0 Å². The Kier molecular flexibility index (Phi) is 3.66. The number of hydrogen-bond donors (Lipinski definition) is 0. The van der Waals surface area contributed by atoms with Gasteiger partial charge in [0.25, 0.3) is 0 Å². The van der Waals surface area contributed by atoms with E-state index in [1.54, 1.807) is 4.68 Å². The molecule has 0 amide bonds. The second-order valence-electron chi connectivity index (χ2n) is 6.31. The number of aromatic nitrogens is 4. The van der Waals surface area contributed by atoms with Crippen molar-refractivity contribution in [3.8, 4) is 23.1 Å². The Morgan fingerprint density at radius 2 is 2.12 bits per heavy atom. The molecular weight excluding hydrogens is 300 g/mol. The summed E-state index contributed by atoms with van der Waals surface area (Å²) in [5, 5.41) is 12.3. The Hall–Kier alpha value is -2.87. The lowest BCUT2D eigenvalue weighted by Crippen LogP contribution is -1.98. The van der Waals surface area contributed by atoms with E-state index in [0.717, 1.165) is 33.8 Å². The lowest BCUT2D eigenvalue weighted by atomic mass is 10.0. The predicted molar refractivity (Wildman–Crippen MR) is 90.1 cm³/mol. The Balaban J connectivity index is 1.54. The van der Waals surface area contributed by atoms with E-state index in [2.05, 4.69) is 52.4 Å². The summed E-state index contributed by atoms with van der Waals surface area (Å²) < 4.78 is 6.98. The van der Waals surface area contributed by atoms with Gasteiger partial charge in [0.1, 0.15) is 12.2 Å². The Morgan fingerprint density at radius 1 is 1.25 bits per heavy atom. The van der Waals surface area contributed by atoms with E-state index < -0.39 is 0 Å². The van der Waals surface area contributed by atoms with E-state index in [4.69, 9.17) is 4.52 Å². The molecule has 2 heterocycles. The van der Waals surface area contributed by atoms with Gasteiger partial charge < -0.3 is 4.52 Å². The molecule has 120 valence electrons. The molecule has 3 aromatic rings. The van der Waals surface area contributed by atoms with Crippen molar-refractivity contribution in [1.82, 2.24) is 20.2 Å². The van der Waals surface area contributed by atoms with Gasteiger partial charge in [-0.15, -0.1) is 5.10 Å². The van der Waals surface area contributed by atoms with E-state index in [1.807, 2.05) is 19.2 Å². The molecular formula is C19H18N4O. The van der Waals surface area contributed by atoms with Gasteiger partial charge >= 0.3 is 0 Å². The van der Waals surface area contributed by atoms with Crippen molar-refractivity contribution >= 4 is 0 Å². The van der Waals surface area contributed by atoms with E-state index in [0.29, 0.717) is 12.5 Å². The molecule has 5 heteroatoms. The zero-order valence-corrected chi connectivity index (χ0v) is 13.8. The molecule has 1 aliphatic carbocycles. The molecule has 0 aliphatic heterocycles. The molecule has 4 rings (SSSR count). The first-order chi connectivity index (χ1) is 11.7. The molecule has 1 aromatic carbocycles. The van der Waals surface area contributed by atoms with Crippen molar-refractivity contribution < 1.29 is 4.52 Å². The lowest BCUT2D eigenvalue weighted by molar-refractivity contribution is 0.367. The van der Waals surface area contributed by atoms with E-state index in [9.17, 15) is 0 Å². The van der Waals surface area contributed by atoms with E-state index in [-0.39, 0.29) is 0 Å². The third-order valence-electron chi connectivity index (χ3n) is 4.03. The van der Waals surface area contributed by atoms with Gasteiger partial charge in [0.15, 0.2) is 5.76 Å². The van der Waals surface area contributed by atoms with Gasteiger partial charge in [-0.25, -0.2) is 4.68 Å². The fourth-order valence-corrected chi connectivity index (χ4v) is 2.59. The van der Waals surface area contributed by atoms with Gasteiger partial charge in [-0.2, -0.15) is 0 Å². The van der Waals surface area contributed by atoms with Crippen molar-refractivity contribution in [2.24, 2.45) is 5.92 Å². The molecule has 1 fully saturated rings. The highest BCUT2D eigenvalue weighted by atomic mass is 16.5. The molecule has 2 aromatic heterocycles. The van der Waals surface area contributed by atoms with Crippen LogP contribution in [0.5, 0.6) is 0 Å². The highest BCUT2D eigenvalue weighted by molar-refractivity contribution is 5.64. The van der Waals surface area contributed by atoms with Crippen LogP contribution in [0.4, 0.5) is 0 Å².